The standard InChI is InChI=1S/C20H23F2N3O4/c1-4-29-18(17-14(21)8-13(27-2)9-15(17)22)20(26)25-10-12-6-5-11(19(23)24)7-16(12)28-3/h5-9,18H,4,10H2,1-3H3,(H3,23,24)(H,25,26). The highest BCUT2D eigenvalue weighted by atomic mass is 19.1. The van der Waals surface area contributed by atoms with Crippen LogP contribution in [-0.2, 0) is 16.1 Å². The maximum Gasteiger partial charge on any atom is 0.254 e. The minimum atomic E-state index is -1.48. The number of ether oxygens (including phenoxy) is 3. The Bertz CT molecular complexity index is 882. The van der Waals surface area contributed by atoms with Gasteiger partial charge in [-0.1, -0.05) is 12.1 Å². The number of amidine groups is 1. The van der Waals surface area contributed by atoms with E-state index in [2.05, 4.69) is 5.32 Å². The summed E-state index contributed by atoms with van der Waals surface area (Å²) < 4.78 is 44.2. The largest absolute Gasteiger partial charge is 0.497 e. The molecular formula is C20H23F2N3O4. The maximum absolute atomic E-state index is 14.4. The maximum atomic E-state index is 14.4. The quantitative estimate of drug-likeness (QED) is 0.438. The molecule has 29 heavy (non-hydrogen) atoms. The third kappa shape index (κ3) is 5.20. The molecule has 2 aromatic carbocycles. The Morgan fingerprint density at radius 3 is 2.34 bits per heavy atom. The number of nitrogen functional groups attached to an aromatic ring is 1. The van der Waals surface area contributed by atoms with E-state index in [0.29, 0.717) is 16.9 Å². The Morgan fingerprint density at radius 2 is 1.83 bits per heavy atom. The molecule has 0 aliphatic carbocycles. The van der Waals surface area contributed by atoms with Crippen LogP contribution in [0, 0.1) is 17.0 Å². The summed E-state index contributed by atoms with van der Waals surface area (Å²) in [5, 5.41) is 10.1. The van der Waals surface area contributed by atoms with Gasteiger partial charge in [0.1, 0.15) is 29.0 Å². The van der Waals surface area contributed by atoms with E-state index in [1.54, 1.807) is 25.1 Å². The number of halogens is 2. The first kappa shape index (κ1) is 22.1. The predicted octanol–water partition coefficient (Wildman–Crippen LogP) is 2.66. The fourth-order valence-corrected chi connectivity index (χ4v) is 2.72. The van der Waals surface area contributed by atoms with E-state index in [9.17, 15) is 13.6 Å². The number of nitrogens with two attached hydrogens (primary N) is 1. The zero-order valence-electron chi connectivity index (χ0n) is 16.3. The lowest BCUT2D eigenvalue weighted by molar-refractivity contribution is -0.133. The van der Waals surface area contributed by atoms with Crippen LogP contribution in [0.4, 0.5) is 8.78 Å². The summed E-state index contributed by atoms with van der Waals surface area (Å²) in [5.41, 5.74) is 6.02. The second-order valence-electron chi connectivity index (χ2n) is 6.00. The molecule has 156 valence electrons. The summed E-state index contributed by atoms with van der Waals surface area (Å²) in [7, 11) is 2.72. The van der Waals surface area contributed by atoms with Gasteiger partial charge in [0.2, 0.25) is 0 Å². The average Bonchev–Trinajstić information content (AvgIpc) is 2.70. The molecule has 9 heteroatoms. The molecule has 7 nitrogen and oxygen atoms in total. The van der Waals surface area contributed by atoms with E-state index in [1.807, 2.05) is 0 Å². The van der Waals surface area contributed by atoms with Crippen molar-refractivity contribution in [3.05, 3.63) is 58.7 Å². The number of methoxy groups -OCH3 is 2. The lowest BCUT2D eigenvalue weighted by atomic mass is 10.1. The van der Waals surface area contributed by atoms with Crippen LogP contribution in [-0.4, -0.2) is 32.6 Å². The molecule has 0 heterocycles. The third-order valence-corrected chi connectivity index (χ3v) is 4.17. The fraction of sp³-hybridized carbons (Fsp3) is 0.300. The summed E-state index contributed by atoms with van der Waals surface area (Å²) in [4.78, 5) is 12.6. The Kier molecular flexibility index (Phi) is 7.49. The van der Waals surface area contributed by atoms with Gasteiger partial charge < -0.3 is 25.3 Å². The molecule has 2 aromatic rings. The number of rotatable bonds is 9. The summed E-state index contributed by atoms with van der Waals surface area (Å²) in [5.74, 6) is -2.33. The van der Waals surface area contributed by atoms with Gasteiger partial charge in [0, 0.05) is 36.4 Å². The number of carbonyl (C=O) groups is 1. The topological polar surface area (TPSA) is 107 Å². The molecule has 1 unspecified atom stereocenters. The number of nitrogens with one attached hydrogen (secondary N) is 2. The van der Waals surface area contributed by atoms with Gasteiger partial charge in [-0.15, -0.1) is 0 Å². The van der Waals surface area contributed by atoms with Gasteiger partial charge in [0.25, 0.3) is 5.91 Å². The van der Waals surface area contributed by atoms with E-state index in [-0.39, 0.29) is 24.7 Å². The van der Waals surface area contributed by atoms with Crippen LogP contribution < -0.4 is 20.5 Å². The van der Waals surface area contributed by atoms with Gasteiger partial charge >= 0.3 is 0 Å². The summed E-state index contributed by atoms with van der Waals surface area (Å²) in [6, 6.07) is 6.78. The van der Waals surface area contributed by atoms with Gasteiger partial charge in [0.15, 0.2) is 6.10 Å². The van der Waals surface area contributed by atoms with E-state index >= 15 is 0 Å². The number of hydrogen-bond donors (Lipinski definition) is 3. The molecule has 0 fully saturated rings. The molecule has 0 spiro atoms. The lowest BCUT2D eigenvalue weighted by Crippen LogP contribution is -2.32. The Hall–Kier alpha value is -3.20. The molecule has 0 radical (unpaired) electrons. The molecule has 2 rings (SSSR count). The van der Waals surface area contributed by atoms with Crippen molar-refractivity contribution in [1.29, 1.82) is 5.41 Å². The van der Waals surface area contributed by atoms with Crippen LogP contribution in [0.15, 0.2) is 30.3 Å². The van der Waals surface area contributed by atoms with Crippen molar-refractivity contribution in [3.8, 4) is 11.5 Å². The van der Waals surface area contributed by atoms with Crippen LogP contribution >= 0.6 is 0 Å². The molecular weight excluding hydrogens is 384 g/mol. The third-order valence-electron chi connectivity index (χ3n) is 4.17. The lowest BCUT2D eigenvalue weighted by Gasteiger charge is -2.19. The minimum absolute atomic E-state index is 0.00490. The highest BCUT2D eigenvalue weighted by Crippen LogP contribution is 2.28. The second-order valence-corrected chi connectivity index (χ2v) is 6.00. The van der Waals surface area contributed by atoms with Gasteiger partial charge in [-0.05, 0) is 13.0 Å². The molecule has 0 aromatic heterocycles. The normalized spacial score (nSPS) is 11.6. The first-order chi connectivity index (χ1) is 13.8. The minimum Gasteiger partial charge on any atom is -0.497 e. The molecule has 0 saturated heterocycles. The van der Waals surface area contributed by atoms with Crippen LogP contribution in [0.5, 0.6) is 11.5 Å². The van der Waals surface area contributed by atoms with E-state index < -0.39 is 29.2 Å². The number of amides is 1. The highest BCUT2D eigenvalue weighted by molar-refractivity contribution is 5.95. The van der Waals surface area contributed by atoms with Crippen molar-refractivity contribution in [3.63, 3.8) is 0 Å². The summed E-state index contributed by atoms with van der Waals surface area (Å²) in [6.07, 6.45) is -1.48. The van der Waals surface area contributed by atoms with Crippen LogP contribution in [0.2, 0.25) is 0 Å². The van der Waals surface area contributed by atoms with Crippen LogP contribution in [0.25, 0.3) is 0 Å². The predicted molar refractivity (Wildman–Crippen MR) is 103 cm³/mol. The smallest absolute Gasteiger partial charge is 0.254 e. The van der Waals surface area contributed by atoms with Crippen molar-refractivity contribution in [2.75, 3.05) is 20.8 Å². The van der Waals surface area contributed by atoms with Crippen LogP contribution in [0.3, 0.4) is 0 Å². The van der Waals surface area contributed by atoms with E-state index in [1.165, 1.54) is 14.2 Å². The summed E-state index contributed by atoms with van der Waals surface area (Å²) in [6.45, 7) is 1.70. The zero-order valence-corrected chi connectivity index (χ0v) is 16.3. The molecule has 1 atom stereocenters. The van der Waals surface area contributed by atoms with Crippen molar-refractivity contribution in [1.82, 2.24) is 5.32 Å². The van der Waals surface area contributed by atoms with Crippen LogP contribution in [0.1, 0.15) is 29.7 Å². The first-order valence-corrected chi connectivity index (χ1v) is 8.75. The van der Waals surface area contributed by atoms with Crippen molar-refractivity contribution in [2.24, 2.45) is 5.73 Å². The fourth-order valence-electron chi connectivity index (χ4n) is 2.72. The second kappa shape index (κ2) is 9.83. The van der Waals surface area contributed by atoms with E-state index in [0.717, 1.165) is 12.1 Å². The molecule has 0 aliphatic heterocycles. The first-order valence-electron chi connectivity index (χ1n) is 8.75. The van der Waals surface area contributed by atoms with Gasteiger partial charge in [-0.2, -0.15) is 0 Å². The van der Waals surface area contributed by atoms with E-state index in [4.69, 9.17) is 25.4 Å². The Balaban J connectivity index is 2.24. The molecule has 0 aliphatic rings. The van der Waals surface area contributed by atoms with Gasteiger partial charge in [0.05, 0.1) is 19.8 Å². The highest BCUT2D eigenvalue weighted by Gasteiger charge is 2.28. The van der Waals surface area contributed by atoms with Gasteiger partial charge in [-0.25, -0.2) is 8.78 Å². The van der Waals surface area contributed by atoms with Crippen molar-refractivity contribution < 1.29 is 27.8 Å². The Labute approximate surface area is 167 Å². The molecule has 0 bridgehead atoms. The van der Waals surface area contributed by atoms with Gasteiger partial charge in [-0.3, -0.25) is 10.2 Å². The average molecular weight is 407 g/mol. The molecule has 4 N–H and O–H groups in total. The Morgan fingerprint density at radius 1 is 1.17 bits per heavy atom. The van der Waals surface area contributed by atoms with Crippen molar-refractivity contribution >= 4 is 11.7 Å². The number of benzene rings is 2. The SMILES string of the molecule is CCOC(C(=O)NCc1ccc(C(=N)N)cc1OC)c1c(F)cc(OC)cc1F. The monoisotopic (exact) mass is 407 g/mol. The molecule has 1 amide bonds. The van der Waals surface area contributed by atoms with Crippen molar-refractivity contribution in [2.45, 2.75) is 19.6 Å². The molecule has 0 saturated carbocycles. The zero-order chi connectivity index (χ0) is 21.6. The number of hydrogen-bond acceptors (Lipinski definition) is 5. The number of carbonyl (C=O) groups excluding carboxylic acids is 1. The summed E-state index contributed by atoms with van der Waals surface area (Å²) >= 11 is 0.